The number of carbonyl (C=O) groups is 1. The molecular formula is C20H24N4OS. The minimum Gasteiger partial charge on any atom is -0.358 e. The summed E-state index contributed by atoms with van der Waals surface area (Å²) in [5, 5.41) is 14.5. The molecule has 26 heavy (non-hydrogen) atoms. The van der Waals surface area contributed by atoms with Crippen molar-refractivity contribution < 1.29 is 4.79 Å². The molecule has 0 unspecified atom stereocenters. The van der Waals surface area contributed by atoms with Crippen LogP contribution in [0.5, 0.6) is 0 Å². The predicted octanol–water partition coefficient (Wildman–Crippen LogP) is 4.13. The van der Waals surface area contributed by atoms with Crippen molar-refractivity contribution in [1.29, 1.82) is 0 Å². The molecule has 0 bridgehead atoms. The molecule has 0 radical (unpaired) electrons. The summed E-state index contributed by atoms with van der Waals surface area (Å²) >= 11 is 1.56. The van der Waals surface area contributed by atoms with Crippen LogP contribution >= 0.6 is 11.3 Å². The molecular weight excluding hydrogens is 344 g/mol. The lowest BCUT2D eigenvalue weighted by Crippen LogP contribution is -2.23. The molecule has 1 aliphatic carbocycles. The van der Waals surface area contributed by atoms with E-state index in [1.54, 1.807) is 11.3 Å². The number of para-hydroxylation sites is 1. The number of nitrogens with one attached hydrogen (secondary N) is 2. The Kier molecular flexibility index (Phi) is 4.31. The topological polar surface area (TPSA) is 70.7 Å². The van der Waals surface area contributed by atoms with Crippen molar-refractivity contribution in [3.63, 3.8) is 0 Å². The standard InChI is InChI=1S/C20H24N4OS/c1-20(2,3)19-24-23-16(26-19)11-21-18(25)14-9-6-8-13-12-7-4-5-10-15(12)22-17(13)14/h6,8-9,22H,4-5,7,10-11H2,1-3H3,(H,21,25). The molecule has 0 fully saturated rings. The van der Waals surface area contributed by atoms with Gasteiger partial charge in [0, 0.05) is 16.5 Å². The van der Waals surface area contributed by atoms with Crippen LogP contribution in [-0.2, 0) is 24.8 Å². The maximum absolute atomic E-state index is 12.8. The molecule has 0 aliphatic heterocycles. The van der Waals surface area contributed by atoms with Gasteiger partial charge in [0.25, 0.3) is 5.91 Å². The number of aryl methyl sites for hydroxylation is 2. The molecule has 1 amide bonds. The van der Waals surface area contributed by atoms with Crippen LogP contribution < -0.4 is 5.32 Å². The minimum absolute atomic E-state index is 0.0190. The van der Waals surface area contributed by atoms with Gasteiger partial charge in [-0.25, -0.2) is 0 Å². The Bertz CT molecular complexity index is 964. The molecule has 1 aromatic carbocycles. The SMILES string of the molecule is CC(C)(C)c1nnc(CNC(=O)c2cccc3c4c([nH]c23)CCCC4)s1. The maximum atomic E-state index is 12.8. The van der Waals surface area contributed by atoms with Gasteiger partial charge in [0.1, 0.15) is 10.0 Å². The molecule has 2 N–H and O–H groups in total. The highest BCUT2D eigenvalue weighted by Crippen LogP contribution is 2.31. The fraction of sp³-hybridized carbons (Fsp3) is 0.450. The van der Waals surface area contributed by atoms with E-state index in [0.29, 0.717) is 12.1 Å². The first-order valence-electron chi connectivity index (χ1n) is 9.17. The molecule has 136 valence electrons. The predicted molar refractivity (Wildman–Crippen MR) is 105 cm³/mol. The van der Waals surface area contributed by atoms with E-state index in [1.165, 1.54) is 29.5 Å². The van der Waals surface area contributed by atoms with Gasteiger partial charge in [0.2, 0.25) is 0 Å². The lowest BCUT2D eigenvalue weighted by molar-refractivity contribution is 0.0952. The number of amides is 1. The molecule has 0 saturated carbocycles. The van der Waals surface area contributed by atoms with Gasteiger partial charge in [-0.3, -0.25) is 4.79 Å². The number of carbonyl (C=O) groups excluding carboxylic acids is 1. The molecule has 2 aromatic heterocycles. The first-order valence-corrected chi connectivity index (χ1v) is 9.98. The van der Waals surface area contributed by atoms with Crippen LogP contribution in [0.2, 0.25) is 0 Å². The zero-order valence-electron chi connectivity index (χ0n) is 15.5. The first kappa shape index (κ1) is 17.2. The lowest BCUT2D eigenvalue weighted by atomic mass is 9.95. The lowest BCUT2D eigenvalue weighted by Gasteiger charge is -2.12. The van der Waals surface area contributed by atoms with Crippen LogP contribution in [0.3, 0.4) is 0 Å². The number of hydrogen-bond donors (Lipinski definition) is 2. The van der Waals surface area contributed by atoms with Gasteiger partial charge in [-0.1, -0.05) is 44.2 Å². The highest BCUT2D eigenvalue weighted by Gasteiger charge is 2.21. The second kappa shape index (κ2) is 6.50. The summed E-state index contributed by atoms with van der Waals surface area (Å²) in [6.07, 6.45) is 4.62. The number of aromatic amines is 1. The van der Waals surface area contributed by atoms with Gasteiger partial charge in [0.05, 0.1) is 17.6 Å². The summed E-state index contributed by atoms with van der Waals surface area (Å²) in [6.45, 7) is 6.75. The second-order valence-corrected chi connectivity index (χ2v) is 9.01. The van der Waals surface area contributed by atoms with Gasteiger partial charge < -0.3 is 10.3 Å². The summed E-state index contributed by atoms with van der Waals surface area (Å²) < 4.78 is 0. The zero-order valence-corrected chi connectivity index (χ0v) is 16.3. The largest absolute Gasteiger partial charge is 0.358 e. The van der Waals surface area contributed by atoms with Crippen LogP contribution in [0, 0.1) is 0 Å². The summed E-state index contributed by atoms with van der Waals surface area (Å²) in [5.41, 5.74) is 4.33. The van der Waals surface area contributed by atoms with Gasteiger partial charge in [0.15, 0.2) is 0 Å². The maximum Gasteiger partial charge on any atom is 0.253 e. The van der Waals surface area contributed by atoms with E-state index >= 15 is 0 Å². The Morgan fingerprint density at radius 1 is 1.23 bits per heavy atom. The third-order valence-corrected chi connectivity index (χ3v) is 6.24. The molecule has 0 spiro atoms. The van der Waals surface area contributed by atoms with E-state index in [2.05, 4.69) is 47.3 Å². The fourth-order valence-electron chi connectivity index (χ4n) is 3.50. The zero-order chi connectivity index (χ0) is 18.3. The van der Waals surface area contributed by atoms with Crippen molar-refractivity contribution in [2.45, 2.75) is 58.4 Å². The van der Waals surface area contributed by atoms with E-state index < -0.39 is 0 Å². The van der Waals surface area contributed by atoms with E-state index in [1.807, 2.05) is 12.1 Å². The first-order chi connectivity index (χ1) is 12.4. The van der Waals surface area contributed by atoms with Gasteiger partial charge in [-0.05, 0) is 37.3 Å². The highest BCUT2D eigenvalue weighted by molar-refractivity contribution is 7.11. The molecule has 1 aliphatic rings. The third-order valence-electron chi connectivity index (χ3n) is 4.89. The van der Waals surface area contributed by atoms with Crippen molar-refractivity contribution in [2.24, 2.45) is 0 Å². The van der Waals surface area contributed by atoms with Gasteiger partial charge in [-0.15, -0.1) is 10.2 Å². The monoisotopic (exact) mass is 368 g/mol. The number of nitrogens with zero attached hydrogens (tertiary/aromatic N) is 2. The number of aromatic nitrogens is 3. The van der Waals surface area contributed by atoms with Crippen molar-refractivity contribution in [1.82, 2.24) is 20.5 Å². The fourth-order valence-corrected chi connectivity index (χ4v) is 4.34. The molecule has 0 saturated heterocycles. The van der Waals surface area contributed by atoms with E-state index in [-0.39, 0.29) is 11.3 Å². The molecule has 6 heteroatoms. The van der Waals surface area contributed by atoms with Gasteiger partial charge >= 0.3 is 0 Å². The van der Waals surface area contributed by atoms with Crippen LogP contribution in [0.25, 0.3) is 10.9 Å². The minimum atomic E-state index is -0.0679. The normalized spacial score (nSPS) is 14.4. The quantitative estimate of drug-likeness (QED) is 0.730. The Hall–Kier alpha value is -2.21. The van der Waals surface area contributed by atoms with Crippen molar-refractivity contribution in [3.05, 3.63) is 45.0 Å². The average molecular weight is 369 g/mol. The Balaban J connectivity index is 1.55. The highest BCUT2D eigenvalue weighted by atomic mass is 32.1. The number of fused-ring (bicyclic) bond motifs is 3. The van der Waals surface area contributed by atoms with Crippen LogP contribution in [0.4, 0.5) is 0 Å². The van der Waals surface area contributed by atoms with Crippen molar-refractivity contribution in [2.75, 3.05) is 0 Å². The van der Waals surface area contributed by atoms with Crippen LogP contribution in [0.15, 0.2) is 18.2 Å². The molecule has 5 nitrogen and oxygen atoms in total. The third kappa shape index (κ3) is 3.14. The van der Waals surface area contributed by atoms with E-state index in [9.17, 15) is 4.79 Å². The molecule has 4 rings (SSSR count). The smallest absolute Gasteiger partial charge is 0.253 e. The summed E-state index contributed by atoms with van der Waals surface area (Å²) in [7, 11) is 0. The number of rotatable bonds is 3. The Labute approximate surface area is 157 Å². The van der Waals surface area contributed by atoms with Crippen molar-refractivity contribution >= 4 is 28.1 Å². The number of benzene rings is 1. The number of hydrogen-bond acceptors (Lipinski definition) is 4. The van der Waals surface area contributed by atoms with E-state index in [4.69, 9.17) is 0 Å². The van der Waals surface area contributed by atoms with Crippen molar-refractivity contribution in [3.8, 4) is 0 Å². The Morgan fingerprint density at radius 2 is 2.04 bits per heavy atom. The summed E-state index contributed by atoms with van der Waals surface area (Å²) in [4.78, 5) is 16.3. The van der Waals surface area contributed by atoms with E-state index in [0.717, 1.165) is 28.4 Å². The van der Waals surface area contributed by atoms with Gasteiger partial charge in [-0.2, -0.15) is 0 Å². The Morgan fingerprint density at radius 3 is 2.81 bits per heavy atom. The molecule has 3 aromatic rings. The molecule has 0 atom stereocenters. The van der Waals surface area contributed by atoms with Crippen LogP contribution in [0.1, 0.15) is 65.2 Å². The molecule has 2 heterocycles. The summed E-state index contributed by atoms with van der Waals surface area (Å²) in [5.74, 6) is -0.0679. The summed E-state index contributed by atoms with van der Waals surface area (Å²) in [6, 6.07) is 5.98. The second-order valence-electron chi connectivity index (χ2n) is 7.95. The number of H-pyrrole nitrogens is 1. The average Bonchev–Trinajstić information content (AvgIpc) is 3.23. The van der Waals surface area contributed by atoms with Crippen LogP contribution in [-0.4, -0.2) is 21.1 Å².